The molecule has 0 spiro atoms. The second-order valence-electron chi connectivity index (χ2n) is 5.48. The van der Waals surface area contributed by atoms with Crippen molar-refractivity contribution >= 4 is 17.6 Å². The quantitative estimate of drug-likeness (QED) is 0.905. The van der Waals surface area contributed by atoms with Crippen LogP contribution in [-0.4, -0.2) is 23.0 Å². The molecular formula is C15H18FNO3. The SMILES string of the molecule is Cc1ccc(F)cc1N1C(=O)CC(C)C(C(=O)O)C1C. The number of hydrogen-bond acceptors (Lipinski definition) is 2. The van der Waals surface area contributed by atoms with Crippen LogP contribution in [0.3, 0.4) is 0 Å². The van der Waals surface area contributed by atoms with E-state index < -0.39 is 23.7 Å². The third-order valence-electron chi connectivity index (χ3n) is 4.02. The van der Waals surface area contributed by atoms with Gasteiger partial charge in [-0.3, -0.25) is 9.59 Å². The second kappa shape index (κ2) is 5.23. The summed E-state index contributed by atoms with van der Waals surface area (Å²) in [7, 11) is 0. The van der Waals surface area contributed by atoms with E-state index in [9.17, 15) is 19.1 Å². The molecule has 1 amide bonds. The zero-order valence-electron chi connectivity index (χ0n) is 11.8. The van der Waals surface area contributed by atoms with E-state index in [1.54, 1.807) is 26.8 Å². The number of benzene rings is 1. The Labute approximate surface area is 117 Å². The zero-order valence-corrected chi connectivity index (χ0v) is 11.8. The first kappa shape index (κ1) is 14.5. The normalized spacial score (nSPS) is 26.7. The second-order valence-corrected chi connectivity index (χ2v) is 5.48. The van der Waals surface area contributed by atoms with Gasteiger partial charge in [-0.05, 0) is 37.5 Å². The molecule has 2 rings (SSSR count). The van der Waals surface area contributed by atoms with Crippen molar-refractivity contribution in [1.29, 1.82) is 0 Å². The van der Waals surface area contributed by atoms with Crippen LogP contribution in [0.25, 0.3) is 0 Å². The number of hydrogen-bond donors (Lipinski definition) is 1. The Hall–Kier alpha value is -1.91. The maximum Gasteiger partial charge on any atom is 0.308 e. The Morgan fingerprint density at radius 3 is 2.65 bits per heavy atom. The molecule has 0 saturated carbocycles. The summed E-state index contributed by atoms with van der Waals surface area (Å²) in [5.41, 5.74) is 1.21. The molecule has 108 valence electrons. The van der Waals surface area contributed by atoms with Crippen molar-refractivity contribution in [2.45, 2.75) is 33.2 Å². The van der Waals surface area contributed by atoms with Gasteiger partial charge in [0.15, 0.2) is 0 Å². The summed E-state index contributed by atoms with van der Waals surface area (Å²) >= 11 is 0. The van der Waals surface area contributed by atoms with E-state index in [0.29, 0.717) is 5.69 Å². The molecule has 5 heteroatoms. The van der Waals surface area contributed by atoms with Gasteiger partial charge >= 0.3 is 5.97 Å². The van der Waals surface area contributed by atoms with Crippen LogP contribution in [0.15, 0.2) is 18.2 Å². The number of halogens is 1. The van der Waals surface area contributed by atoms with E-state index in [1.165, 1.54) is 17.0 Å². The Morgan fingerprint density at radius 2 is 2.05 bits per heavy atom. The Kier molecular flexibility index (Phi) is 3.79. The van der Waals surface area contributed by atoms with E-state index in [2.05, 4.69) is 0 Å². The minimum atomic E-state index is -0.920. The average Bonchev–Trinajstić information content (AvgIpc) is 2.32. The highest BCUT2D eigenvalue weighted by Gasteiger charge is 2.42. The molecule has 0 aromatic heterocycles. The highest BCUT2D eigenvalue weighted by molar-refractivity contribution is 5.97. The first-order valence-electron chi connectivity index (χ1n) is 6.64. The predicted octanol–water partition coefficient (Wildman–Crippen LogP) is 2.60. The molecule has 4 nitrogen and oxygen atoms in total. The van der Waals surface area contributed by atoms with Gasteiger partial charge in [0.25, 0.3) is 0 Å². The molecular weight excluding hydrogens is 261 g/mol. The summed E-state index contributed by atoms with van der Waals surface area (Å²) in [6.07, 6.45) is 0.164. The summed E-state index contributed by atoms with van der Waals surface area (Å²) < 4.78 is 13.4. The van der Waals surface area contributed by atoms with Gasteiger partial charge in [-0.15, -0.1) is 0 Å². The van der Waals surface area contributed by atoms with E-state index in [4.69, 9.17) is 0 Å². The fraction of sp³-hybridized carbons (Fsp3) is 0.467. The molecule has 3 atom stereocenters. The van der Waals surface area contributed by atoms with Gasteiger partial charge in [0.05, 0.1) is 5.92 Å². The van der Waals surface area contributed by atoms with Crippen LogP contribution in [0.5, 0.6) is 0 Å². The van der Waals surface area contributed by atoms with Gasteiger partial charge in [0.1, 0.15) is 5.82 Å². The van der Waals surface area contributed by atoms with Crippen LogP contribution in [0.2, 0.25) is 0 Å². The number of amides is 1. The number of carbonyl (C=O) groups excluding carboxylic acids is 1. The van der Waals surface area contributed by atoms with Crippen LogP contribution in [-0.2, 0) is 9.59 Å². The average molecular weight is 279 g/mol. The van der Waals surface area contributed by atoms with Gasteiger partial charge in [0.2, 0.25) is 5.91 Å². The van der Waals surface area contributed by atoms with Gasteiger partial charge < -0.3 is 10.0 Å². The number of aryl methyl sites for hydroxylation is 1. The lowest BCUT2D eigenvalue weighted by molar-refractivity contribution is -0.146. The summed E-state index contributed by atoms with van der Waals surface area (Å²) in [4.78, 5) is 25.1. The van der Waals surface area contributed by atoms with E-state index in [0.717, 1.165) is 5.56 Å². The highest BCUT2D eigenvalue weighted by Crippen LogP contribution is 2.35. The van der Waals surface area contributed by atoms with Crippen molar-refractivity contribution in [3.8, 4) is 0 Å². The number of anilines is 1. The number of aliphatic carboxylic acids is 1. The Morgan fingerprint density at radius 1 is 1.40 bits per heavy atom. The maximum atomic E-state index is 13.4. The fourth-order valence-electron chi connectivity index (χ4n) is 3.01. The number of carboxylic acid groups (broad SMARTS) is 1. The smallest absolute Gasteiger partial charge is 0.308 e. The minimum Gasteiger partial charge on any atom is -0.481 e. The number of carboxylic acids is 1. The number of carbonyl (C=O) groups is 2. The number of piperidine rings is 1. The number of rotatable bonds is 2. The molecule has 1 aromatic rings. The molecule has 0 bridgehead atoms. The first-order valence-corrected chi connectivity index (χ1v) is 6.64. The summed E-state index contributed by atoms with van der Waals surface area (Å²) in [5.74, 6) is -2.38. The molecule has 1 heterocycles. The van der Waals surface area contributed by atoms with Crippen molar-refractivity contribution in [3.63, 3.8) is 0 Å². The highest BCUT2D eigenvalue weighted by atomic mass is 19.1. The van der Waals surface area contributed by atoms with E-state index in [1.807, 2.05) is 0 Å². The molecule has 1 aromatic carbocycles. The largest absolute Gasteiger partial charge is 0.481 e. The molecule has 0 aliphatic carbocycles. The Bertz CT molecular complexity index is 558. The van der Waals surface area contributed by atoms with Crippen LogP contribution in [0, 0.1) is 24.6 Å². The first-order chi connectivity index (χ1) is 9.32. The molecule has 1 aliphatic rings. The molecule has 1 fully saturated rings. The lowest BCUT2D eigenvalue weighted by Gasteiger charge is -2.41. The fourth-order valence-corrected chi connectivity index (χ4v) is 3.01. The molecule has 3 unspecified atom stereocenters. The standard InChI is InChI=1S/C15H18FNO3/c1-8-4-5-11(16)7-12(8)17-10(3)14(15(19)20)9(2)6-13(17)18/h4-5,7,9-10,14H,6H2,1-3H3,(H,19,20). The van der Waals surface area contributed by atoms with Crippen molar-refractivity contribution in [1.82, 2.24) is 0 Å². The zero-order chi connectivity index (χ0) is 15.0. The topological polar surface area (TPSA) is 57.6 Å². The number of nitrogens with zero attached hydrogens (tertiary/aromatic N) is 1. The van der Waals surface area contributed by atoms with Crippen LogP contribution in [0.4, 0.5) is 10.1 Å². The van der Waals surface area contributed by atoms with E-state index in [-0.39, 0.29) is 18.2 Å². The molecule has 1 aliphatic heterocycles. The minimum absolute atomic E-state index is 0.156. The van der Waals surface area contributed by atoms with Crippen molar-refractivity contribution in [3.05, 3.63) is 29.6 Å². The lowest BCUT2D eigenvalue weighted by atomic mass is 9.80. The van der Waals surface area contributed by atoms with Crippen LogP contribution >= 0.6 is 0 Å². The van der Waals surface area contributed by atoms with Crippen LogP contribution in [0.1, 0.15) is 25.8 Å². The third kappa shape index (κ3) is 2.40. The van der Waals surface area contributed by atoms with Gasteiger partial charge in [-0.1, -0.05) is 13.0 Å². The van der Waals surface area contributed by atoms with Gasteiger partial charge in [-0.2, -0.15) is 0 Å². The molecule has 1 N–H and O–H groups in total. The summed E-state index contributed by atoms with van der Waals surface area (Å²) in [6.45, 7) is 5.25. The lowest BCUT2D eigenvalue weighted by Crippen LogP contribution is -2.53. The summed E-state index contributed by atoms with van der Waals surface area (Å²) in [6, 6.07) is 3.72. The van der Waals surface area contributed by atoms with Crippen molar-refractivity contribution < 1.29 is 19.1 Å². The van der Waals surface area contributed by atoms with Crippen LogP contribution < -0.4 is 4.90 Å². The summed E-state index contributed by atoms with van der Waals surface area (Å²) in [5, 5.41) is 9.34. The van der Waals surface area contributed by atoms with Crippen molar-refractivity contribution in [2.24, 2.45) is 11.8 Å². The molecule has 1 saturated heterocycles. The van der Waals surface area contributed by atoms with Gasteiger partial charge in [-0.25, -0.2) is 4.39 Å². The maximum absolute atomic E-state index is 13.4. The monoisotopic (exact) mass is 279 g/mol. The Balaban J connectivity index is 2.46. The molecule has 20 heavy (non-hydrogen) atoms. The predicted molar refractivity (Wildman–Crippen MR) is 73.0 cm³/mol. The van der Waals surface area contributed by atoms with Crippen molar-refractivity contribution in [2.75, 3.05) is 4.90 Å². The third-order valence-corrected chi connectivity index (χ3v) is 4.02. The van der Waals surface area contributed by atoms with Gasteiger partial charge in [0, 0.05) is 18.2 Å². The molecule has 0 radical (unpaired) electrons. The van der Waals surface area contributed by atoms with E-state index >= 15 is 0 Å².